The molecule has 0 saturated heterocycles. The third-order valence-corrected chi connectivity index (χ3v) is 0.744. The molecule has 0 unspecified atom stereocenters. The largest absolute Gasteiger partial charge is 0.305 e. The minimum Gasteiger partial charge on any atom is -0.305 e. The number of rotatable bonds is 1. The van der Waals surface area contributed by atoms with Gasteiger partial charge >= 0.3 is 0 Å². The maximum Gasteiger partial charge on any atom is 0.0106 e. The molecule has 0 rings (SSSR count). The van der Waals surface area contributed by atoms with E-state index < -0.39 is 0 Å². The van der Waals surface area contributed by atoms with E-state index in [9.17, 15) is 0 Å². The van der Waals surface area contributed by atoms with Crippen LogP contribution in [0.5, 0.6) is 0 Å². The van der Waals surface area contributed by atoms with Gasteiger partial charge < -0.3 is 4.90 Å². The van der Waals surface area contributed by atoms with Crippen molar-refractivity contribution in [2.75, 3.05) is 13.6 Å². The van der Waals surface area contributed by atoms with Crippen molar-refractivity contribution in [3.8, 4) is 0 Å². The fourth-order valence-electron chi connectivity index (χ4n) is 0.810. The van der Waals surface area contributed by atoms with Crippen molar-refractivity contribution in [1.82, 2.24) is 4.90 Å². The van der Waals surface area contributed by atoms with Gasteiger partial charge in [-0.15, -0.1) is 0 Å². The summed E-state index contributed by atoms with van der Waals surface area (Å²) in [5.41, 5.74) is 0.385. The molecule has 0 aromatic rings. The first kappa shape index (κ1) is 7.96. The summed E-state index contributed by atoms with van der Waals surface area (Å²) >= 11 is 0. The standard InChI is InChI=1S/C7H16N/c1-7(2,3)6-8(4)5/h4,6H2,1-3,5H3. The molecule has 1 heteroatoms. The SMILES string of the molecule is [CH2]N(C)CC(C)(C)C. The van der Waals surface area contributed by atoms with Gasteiger partial charge in [-0.1, -0.05) is 20.8 Å². The molecule has 0 saturated carbocycles. The van der Waals surface area contributed by atoms with Crippen LogP contribution in [0.25, 0.3) is 0 Å². The first-order valence-electron chi connectivity index (χ1n) is 2.93. The second kappa shape index (κ2) is 2.49. The van der Waals surface area contributed by atoms with Gasteiger partial charge in [0.1, 0.15) is 0 Å². The van der Waals surface area contributed by atoms with Crippen molar-refractivity contribution in [2.24, 2.45) is 5.41 Å². The monoisotopic (exact) mass is 114 g/mol. The van der Waals surface area contributed by atoms with E-state index in [0.717, 1.165) is 6.54 Å². The third kappa shape index (κ3) is 5.96. The molecule has 1 nitrogen and oxygen atoms in total. The Morgan fingerprint density at radius 3 is 1.75 bits per heavy atom. The summed E-state index contributed by atoms with van der Waals surface area (Å²) < 4.78 is 0. The van der Waals surface area contributed by atoms with E-state index >= 15 is 0 Å². The Hall–Kier alpha value is -0.0400. The Bertz CT molecular complexity index is 59.3. The van der Waals surface area contributed by atoms with Crippen LogP contribution >= 0.6 is 0 Å². The maximum atomic E-state index is 3.76. The van der Waals surface area contributed by atoms with Crippen LogP contribution in [0.15, 0.2) is 0 Å². The van der Waals surface area contributed by atoms with Gasteiger partial charge in [-0.05, 0) is 12.5 Å². The first-order valence-corrected chi connectivity index (χ1v) is 2.93. The summed E-state index contributed by atoms with van der Waals surface area (Å²) in [6.45, 7) is 7.66. The van der Waals surface area contributed by atoms with E-state index in [1.54, 1.807) is 0 Å². The second-order valence-electron chi connectivity index (χ2n) is 3.57. The summed E-state index contributed by atoms with van der Waals surface area (Å²) in [5, 5.41) is 0. The second-order valence-corrected chi connectivity index (χ2v) is 3.57. The molecular formula is C7H16N. The van der Waals surface area contributed by atoms with Crippen molar-refractivity contribution >= 4 is 0 Å². The van der Waals surface area contributed by atoms with Crippen LogP contribution in [0.1, 0.15) is 20.8 Å². The van der Waals surface area contributed by atoms with Crippen molar-refractivity contribution in [3.05, 3.63) is 7.05 Å². The molecule has 49 valence electrons. The Kier molecular flexibility index (Phi) is 2.48. The van der Waals surface area contributed by atoms with E-state index in [-0.39, 0.29) is 0 Å². The number of hydrogen-bond acceptors (Lipinski definition) is 1. The Labute approximate surface area is 52.7 Å². The van der Waals surface area contributed by atoms with Crippen molar-refractivity contribution in [1.29, 1.82) is 0 Å². The van der Waals surface area contributed by atoms with Gasteiger partial charge in [0.2, 0.25) is 0 Å². The number of hydrogen-bond donors (Lipinski definition) is 0. The highest BCUT2D eigenvalue weighted by atomic mass is 15.1. The van der Waals surface area contributed by atoms with Gasteiger partial charge in [0.05, 0.1) is 0 Å². The van der Waals surface area contributed by atoms with Crippen molar-refractivity contribution in [3.63, 3.8) is 0 Å². The zero-order chi connectivity index (χ0) is 6.78. The number of nitrogens with zero attached hydrogens (tertiary/aromatic N) is 1. The topological polar surface area (TPSA) is 3.24 Å². The van der Waals surface area contributed by atoms with Gasteiger partial charge in [0.15, 0.2) is 0 Å². The van der Waals surface area contributed by atoms with Crippen LogP contribution in [0.4, 0.5) is 0 Å². The molecule has 0 aliphatic rings. The van der Waals surface area contributed by atoms with Gasteiger partial charge in [-0.3, -0.25) is 0 Å². The van der Waals surface area contributed by atoms with Crippen LogP contribution in [-0.2, 0) is 0 Å². The Balaban J connectivity index is 3.39. The van der Waals surface area contributed by atoms with Crippen molar-refractivity contribution in [2.45, 2.75) is 20.8 Å². The smallest absolute Gasteiger partial charge is 0.0106 e. The first-order chi connectivity index (χ1) is 3.42. The average molecular weight is 114 g/mol. The van der Waals surface area contributed by atoms with E-state index in [2.05, 4.69) is 27.8 Å². The van der Waals surface area contributed by atoms with E-state index in [1.807, 2.05) is 11.9 Å². The molecule has 0 bridgehead atoms. The van der Waals surface area contributed by atoms with Crippen molar-refractivity contribution < 1.29 is 0 Å². The summed E-state index contributed by atoms with van der Waals surface area (Å²) in [4.78, 5) is 1.96. The summed E-state index contributed by atoms with van der Waals surface area (Å²) in [6, 6.07) is 0. The molecule has 0 aliphatic heterocycles. The van der Waals surface area contributed by atoms with Crippen LogP contribution in [0.2, 0.25) is 0 Å². The Morgan fingerprint density at radius 1 is 1.38 bits per heavy atom. The quantitative estimate of drug-likeness (QED) is 0.502. The summed E-state index contributed by atoms with van der Waals surface area (Å²) in [6.07, 6.45) is 0. The molecule has 0 aromatic heterocycles. The van der Waals surface area contributed by atoms with E-state index in [1.165, 1.54) is 0 Å². The lowest BCUT2D eigenvalue weighted by atomic mass is 9.97. The molecular weight excluding hydrogens is 98.1 g/mol. The molecule has 0 aliphatic carbocycles. The van der Waals surface area contributed by atoms with Crippen LogP contribution in [0.3, 0.4) is 0 Å². The molecule has 0 amide bonds. The van der Waals surface area contributed by atoms with Gasteiger partial charge in [0.25, 0.3) is 0 Å². The Morgan fingerprint density at radius 2 is 1.75 bits per heavy atom. The molecule has 0 N–H and O–H groups in total. The normalized spacial score (nSPS) is 12.8. The molecule has 0 fully saturated rings. The lowest BCUT2D eigenvalue weighted by Gasteiger charge is -2.22. The average Bonchev–Trinajstić information content (AvgIpc) is 1.21. The molecule has 8 heavy (non-hydrogen) atoms. The van der Waals surface area contributed by atoms with Gasteiger partial charge in [0, 0.05) is 13.6 Å². The van der Waals surface area contributed by atoms with Crippen LogP contribution in [0, 0.1) is 12.5 Å². The molecule has 1 radical (unpaired) electrons. The van der Waals surface area contributed by atoms with E-state index in [4.69, 9.17) is 0 Å². The van der Waals surface area contributed by atoms with Crippen LogP contribution in [-0.4, -0.2) is 18.5 Å². The molecule has 0 aromatic carbocycles. The highest BCUT2D eigenvalue weighted by molar-refractivity contribution is 4.64. The maximum absolute atomic E-state index is 3.76. The summed E-state index contributed by atoms with van der Waals surface area (Å²) in [5.74, 6) is 0. The van der Waals surface area contributed by atoms with E-state index in [0.29, 0.717) is 5.41 Å². The third-order valence-electron chi connectivity index (χ3n) is 0.744. The highest BCUT2D eigenvalue weighted by Gasteiger charge is 2.09. The highest BCUT2D eigenvalue weighted by Crippen LogP contribution is 2.12. The van der Waals surface area contributed by atoms with Gasteiger partial charge in [-0.2, -0.15) is 0 Å². The molecule has 0 spiro atoms. The predicted octanol–water partition coefficient (Wildman–Crippen LogP) is 1.76. The lowest BCUT2D eigenvalue weighted by molar-refractivity contribution is 0.282. The minimum atomic E-state index is 0.385. The fraction of sp³-hybridized carbons (Fsp3) is 0.857. The van der Waals surface area contributed by atoms with Gasteiger partial charge in [-0.25, -0.2) is 0 Å². The lowest BCUT2D eigenvalue weighted by Crippen LogP contribution is -2.23. The summed E-state index contributed by atoms with van der Waals surface area (Å²) in [7, 11) is 5.75. The zero-order valence-corrected chi connectivity index (χ0v) is 6.36. The molecule has 0 heterocycles. The fourth-order valence-corrected chi connectivity index (χ4v) is 0.810. The predicted molar refractivity (Wildman–Crippen MR) is 37.4 cm³/mol. The molecule has 0 atom stereocenters. The van der Waals surface area contributed by atoms with Crippen LogP contribution < -0.4 is 0 Å². The zero-order valence-electron chi connectivity index (χ0n) is 6.36. The minimum absolute atomic E-state index is 0.385.